The zero-order chi connectivity index (χ0) is 14.1. The lowest BCUT2D eigenvalue weighted by Crippen LogP contribution is -2.56. The number of piperazine rings is 1. The molecule has 3 heteroatoms. The van der Waals surface area contributed by atoms with Crippen LogP contribution in [0.25, 0.3) is 0 Å². The molecule has 20 heavy (non-hydrogen) atoms. The first-order chi connectivity index (χ1) is 9.69. The van der Waals surface area contributed by atoms with Crippen LogP contribution in [0.4, 0.5) is 0 Å². The number of rotatable bonds is 3. The maximum Gasteiger partial charge on any atom is 0.0406 e. The average Bonchev–Trinajstić information content (AvgIpc) is 2.93. The van der Waals surface area contributed by atoms with Gasteiger partial charge in [-0.1, -0.05) is 30.7 Å². The molecule has 1 aromatic rings. The van der Waals surface area contributed by atoms with Crippen LogP contribution in [-0.4, -0.2) is 41.5 Å². The van der Waals surface area contributed by atoms with Gasteiger partial charge in [0.1, 0.15) is 0 Å². The van der Waals surface area contributed by atoms with E-state index in [1.54, 1.807) is 0 Å². The molecule has 2 aliphatic heterocycles. The summed E-state index contributed by atoms with van der Waals surface area (Å²) >= 11 is 6.01. The lowest BCUT2D eigenvalue weighted by atomic mass is 9.99. The Balaban J connectivity index is 1.77. The highest BCUT2D eigenvalue weighted by Gasteiger charge is 2.37. The predicted octanol–water partition coefficient (Wildman–Crippen LogP) is 3.96. The first-order valence-electron chi connectivity index (χ1n) is 7.94. The van der Waals surface area contributed by atoms with E-state index < -0.39 is 0 Å². The molecule has 0 aromatic heterocycles. The van der Waals surface area contributed by atoms with Crippen molar-refractivity contribution in [2.24, 2.45) is 0 Å². The van der Waals surface area contributed by atoms with Gasteiger partial charge in [-0.05, 0) is 50.4 Å². The molecule has 3 atom stereocenters. The quantitative estimate of drug-likeness (QED) is 0.832. The Morgan fingerprint density at radius 3 is 2.70 bits per heavy atom. The highest BCUT2D eigenvalue weighted by Crippen LogP contribution is 2.32. The minimum Gasteiger partial charge on any atom is -0.298 e. The van der Waals surface area contributed by atoms with E-state index >= 15 is 0 Å². The zero-order valence-corrected chi connectivity index (χ0v) is 13.3. The number of halogens is 1. The first-order valence-corrected chi connectivity index (χ1v) is 8.32. The fourth-order valence-electron chi connectivity index (χ4n) is 3.88. The summed E-state index contributed by atoms with van der Waals surface area (Å²) in [6.45, 7) is 8.45. The Labute approximate surface area is 127 Å². The molecule has 0 aliphatic carbocycles. The third kappa shape index (κ3) is 2.74. The Bertz CT molecular complexity index is 445. The maximum atomic E-state index is 6.01. The molecule has 2 aliphatic rings. The van der Waals surface area contributed by atoms with Crippen LogP contribution in [0.5, 0.6) is 0 Å². The summed E-state index contributed by atoms with van der Waals surface area (Å²) in [5.41, 5.74) is 1.39. The van der Waals surface area contributed by atoms with Crippen LogP contribution in [0.1, 0.15) is 44.7 Å². The number of hydrogen-bond donors (Lipinski definition) is 0. The van der Waals surface area contributed by atoms with Crippen molar-refractivity contribution in [2.75, 3.05) is 19.6 Å². The molecule has 2 saturated heterocycles. The van der Waals surface area contributed by atoms with Crippen LogP contribution in [-0.2, 0) is 0 Å². The summed E-state index contributed by atoms with van der Waals surface area (Å²) in [4.78, 5) is 5.43. The molecule has 0 saturated carbocycles. The zero-order valence-electron chi connectivity index (χ0n) is 12.6. The molecule has 0 radical (unpaired) electrons. The average molecular weight is 293 g/mol. The van der Waals surface area contributed by atoms with Gasteiger partial charge in [0, 0.05) is 36.2 Å². The number of fused-ring (bicyclic) bond motifs is 1. The molecule has 0 amide bonds. The van der Waals surface area contributed by atoms with Gasteiger partial charge in [-0.2, -0.15) is 0 Å². The smallest absolute Gasteiger partial charge is 0.0406 e. The second-order valence-corrected chi connectivity index (χ2v) is 6.71. The van der Waals surface area contributed by atoms with Crippen LogP contribution in [0.3, 0.4) is 0 Å². The molecular weight excluding hydrogens is 268 g/mol. The molecule has 0 bridgehead atoms. The Morgan fingerprint density at radius 2 is 2.00 bits per heavy atom. The van der Waals surface area contributed by atoms with Crippen molar-refractivity contribution in [3.8, 4) is 0 Å². The molecule has 0 spiro atoms. The van der Waals surface area contributed by atoms with Crippen LogP contribution in [0.15, 0.2) is 24.3 Å². The molecule has 2 heterocycles. The molecule has 1 aromatic carbocycles. The van der Waals surface area contributed by atoms with E-state index in [9.17, 15) is 0 Å². The second-order valence-electron chi connectivity index (χ2n) is 6.28. The summed E-state index contributed by atoms with van der Waals surface area (Å²) < 4.78 is 0. The van der Waals surface area contributed by atoms with Crippen molar-refractivity contribution in [1.29, 1.82) is 0 Å². The van der Waals surface area contributed by atoms with E-state index in [2.05, 4.69) is 35.8 Å². The van der Waals surface area contributed by atoms with E-state index in [1.165, 1.54) is 44.5 Å². The van der Waals surface area contributed by atoms with Crippen LogP contribution in [0.2, 0.25) is 5.02 Å². The third-order valence-electron chi connectivity index (χ3n) is 5.16. The van der Waals surface area contributed by atoms with Gasteiger partial charge >= 0.3 is 0 Å². The second kappa shape index (κ2) is 6.05. The minimum absolute atomic E-state index is 0.486. The lowest BCUT2D eigenvalue weighted by molar-refractivity contribution is 0.0227. The highest BCUT2D eigenvalue weighted by atomic mass is 35.5. The van der Waals surface area contributed by atoms with Gasteiger partial charge < -0.3 is 0 Å². The maximum absolute atomic E-state index is 6.01. The number of hydrogen-bond acceptors (Lipinski definition) is 2. The fourth-order valence-corrected chi connectivity index (χ4v) is 4.01. The first kappa shape index (κ1) is 14.4. The van der Waals surface area contributed by atoms with Crippen molar-refractivity contribution in [3.63, 3.8) is 0 Å². The van der Waals surface area contributed by atoms with Gasteiger partial charge in [0.05, 0.1) is 0 Å². The Hall–Kier alpha value is -0.570. The summed E-state index contributed by atoms with van der Waals surface area (Å²) in [6.07, 6.45) is 3.99. The van der Waals surface area contributed by atoms with Crippen LogP contribution >= 0.6 is 11.6 Å². The van der Waals surface area contributed by atoms with Crippen LogP contribution < -0.4 is 0 Å². The summed E-state index contributed by atoms with van der Waals surface area (Å²) in [7, 11) is 0. The largest absolute Gasteiger partial charge is 0.298 e. The predicted molar refractivity (Wildman–Crippen MR) is 85.2 cm³/mol. The van der Waals surface area contributed by atoms with Gasteiger partial charge in [-0.15, -0.1) is 0 Å². The number of nitrogens with zero attached hydrogens (tertiary/aromatic N) is 2. The van der Waals surface area contributed by atoms with Crippen molar-refractivity contribution in [2.45, 2.75) is 51.2 Å². The van der Waals surface area contributed by atoms with E-state index in [0.717, 1.165) is 11.1 Å². The topological polar surface area (TPSA) is 6.48 Å². The highest BCUT2D eigenvalue weighted by molar-refractivity contribution is 6.30. The third-order valence-corrected chi connectivity index (χ3v) is 5.41. The summed E-state index contributed by atoms with van der Waals surface area (Å²) in [6, 6.07) is 10.4. The van der Waals surface area contributed by atoms with Crippen molar-refractivity contribution < 1.29 is 0 Å². The van der Waals surface area contributed by atoms with Gasteiger partial charge in [0.25, 0.3) is 0 Å². The van der Waals surface area contributed by atoms with Gasteiger partial charge in [-0.25, -0.2) is 0 Å². The molecule has 110 valence electrons. The standard InChI is InChI=1S/C17H25ClN2/c1-3-16-11-19-10-4-5-17(19)12-20(16)13(2)14-6-8-15(18)9-7-14/h6-9,13,16-17H,3-5,10-12H2,1-2H3. The molecule has 2 nitrogen and oxygen atoms in total. The van der Waals surface area contributed by atoms with Crippen LogP contribution in [0, 0.1) is 0 Å². The normalized spacial score (nSPS) is 29.4. The fraction of sp³-hybridized carbons (Fsp3) is 0.647. The minimum atomic E-state index is 0.486. The van der Waals surface area contributed by atoms with Crippen molar-refractivity contribution in [1.82, 2.24) is 9.80 Å². The van der Waals surface area contributed by atoms with Gasteiger partial charge in [0.2, 0.25) is 0 Å². The SMILES string of the molecule is CCC1CN2CCCC2CN1C(C)c1ccc(Cl)cc1. The molecule has 3 rings (SSSR count). The molecule has 3 unspecified atom stereocenters. The van der Waals surface area contributed by atoms with E-state index in [1.807, 2.05) is 12.1 Å². The van der Waals surface area contributed by atoms with E-state index in [0.29, 0.717) is 12.1 Å². The Kier molecular flexibility index (Phi) is 4.34. The van der Waals surface area contributed by atoms with Gasteiger partial charge in [0.15, 0.2) is 0 Å². The monoisotopic (exact) mass is 292 g/mol. The van der Waals surface area contributed by atoms with E-state index in [4.69, 9.17) is 11.6 Å². The molecular formula is C17H25ClN2. The summed E-state index contributed by atoms with van der Waals surface area (Å²) in [5, 5.41) is 0.827. The number of benzene rings is 1. The molecule has 0 N–H and O–H groups in total. The van der Waals surface area contributed by atoms with Gasteiger partial charge in [-0.3, -0.25) is 9.80 Å². The molecule has 2 fully saturated rings. The Morgan fingerprint density at radius 1 is 1.25 bits per heavy atom. The lowest BCUT2D eigenvalue weighted by Gasteiger charge is -2.46. The van der Waals surface area contributed by atoms with E-state index in [-0.39, 0.29) is 0 Å². The van der Waals surface area contributed by atoms with Crippen molar-refractivity contribution in [3.05, 3.63) is 34.9 Å². The summed E-state index contributed by atoms with van der Waals surface area (Å²) in [5.74, 6) is 0. The van der Waals surface area contributed by atoms with Crippen molar-refractivity contribution >= 4 is 11.6 Å².